The van der Waals surface area contributed by atoms with E-state index in [1.165, 1.54) is 18.2 Å². The van der Waals surface area contributed by atoms with Crippen molar-refractivity contribution >= 4 is 17.4 Å². The number of carbonyl (C=O) groups is 1. The van der Waals surface area contributed by atoms with E-state index in [0.29, 0.717) is 17.0 Å². The Balaban J connectivity index is 2.52. The Morgan fingerprint density at radius 1 is 1.38 bits per heavy atom. The number of Topliss-reactive ketones (excluding diaryl/α,β-unsaturated/α-hetero) is 1. The zero-order valence-electron chi connectivity index (χ0n) is 9.43. The van der Waals surface area contributed by atoms with Gasteiger partial charge in [0.25, 0.3) is 0 Å². The summed E-state index contributed by atoms with van der Waals surface area (Å²) < 4.78 is 12.9. The molecule has 0 spiro atoms. The predicted octanol–water partition coefficient (Wildman–Crippen LogP) is 4.17. The average molecular weight is 243 g/mol. The van der Waals surface area contributed by atoms with Gasteiger partial charge >= 0.3 is 0 Å². The van der Waals surface area contributed by atoms with E-state index < -0.39 is 0 Å². The van der Waals surface area contributed by atoms with Gasteiger partial charge in [0, 0.05) is 17.9 Å². The smallest absolute Gasteiger partial charge is 0.137 e. The zero-order chi connectivity index (χ0) is 12.0. The second-order valence-electron chi connectivity index (χ2n) is 3.91. The van der Waals surface area contributed by atoms with Gasteiger partial charge in [0.1, 0.15) is 11.6 Å². The molecule has 0 unspecified atom stereocenters. The van der Waals surface area contributed by atoms with Gasteiger partial charge in [-0.15, -0.1) is 0 Å². The SMILES string of the molecule is CCCCCC(=O)Cc1cc(F)ccc1Cl. The van der Waals surface area contributed by atoms with Crippen LogP contribution in [0.3, 0.4) is 0 Å². The van der Waals surface area contributed by atoms with Crippen LogP contribution >= 0.6 is 11.6 Å². The van der Waals surface area contributed by atoms with E-state index in [9.17, 15) is 9.18 Å². The second-order valence-corrected chi connectivity index (χ2v) is 4.32. The number of carbonyl (C=O) groups excluding carboxylic acids is 1. The highest BCUT2D eigenvalue weighted by Crippen LogP contribution is 2.18. The van der Waals surface area contributed by atoms with Crippen molar-refractivity contribution in [1.82, 2.24) is 0 Å². The van der Waals surface area contributed by atoms with Gasteiger partial charge in [0.05, 0.1) is 0 Å². The lowest BCUT2D eigenvalue weighted by Gasteiger charge is -2.03. The minimum atomic E-state index is -0.347. The summed E-state index contributed by atoms with van der Waals surface area (Å²) in [7, 11) is 0. The molecule has 0 saturated carbocycles. The number of rotatable bonds is 6. The van der Waals surface area contributed by atoms with E-state index in [1.54, 1.807) is 0 Å². The Bertz CT molecular complexity index is 363. The molecule has 0 amide bonds. The Hall–Kier alpha value is -0.890. The zero-order valence-corrected chi connectivity index (χ0v) is 10.2. The van der Waals surface area contributed by atoms with Crippen LogP contribution in [0.1, 0.15) is 38.2 Å². The van der Waals surface area contributed by atoms with Crippen LogP contribution in [0.15, 0.2) is 18.2 Å². The monoisotopic (exact) mass is 242 g/mol. The summed E-state index contributed by atoms with van der Waals surface area (Å²) in [6.07, 6.45) is 3.85. The minimum absolute atomic E-state index is 0.126. The van der Waals surface area contributed by atoms with Gasteiger partial charge in [-0.25, -0.2) is 4.39 Å². The maximum absolute atomic E-state index is 12.9. The molecule has 0 fully saturated rings. The van der Waals surface area contributed by atoms with Gasteiger partial charge in [0.2, 0.25) is 0 Å². The van der Waals surface area contributed by atoms with Crippen molar-refractivity contribution in [2.45, 2.75) is 39.0 Å². The lowest BCUT2D eigenvalue weighted by Crippen LogP contribution is -2.03. The lowest BCUT2D eigenvalue weighted by molar-refractivity contribution is -0.118. The van der Waals surface area contributed by atoms with Crippen molar-refractivity contribution in [2.75, 3.05) is 0 Å². The van der Waals surface area contributed by atoms with Gasteiger partial charge in [0.15, 0.2) is 0 Å². The molecule has 88 valence electrons. The van der Waals surface area contributed by atoms with Gasteiger partial charge < -0.3 is 0 Å². The molecule has 0 heterocycles. The molecular formula is C13H16ClFO. The third kappa shape index (κ3) is 4.31. The Kier molecular flexibility index (Phi) is 5.47. The van der Waals surface area contributed by atoms with Crippen LogP contribution in [0.25, 0.3) is 0 Å². The number of hydrogen-bond donors (Lipinski definition) is 0. The first-order valence-corrected chi connectivity index (χ1v) is 5.97. The molecule has 0 saturated heterocycles. The summed E-state index contributed by atoms with van der Waals surface area (Å²) in [5.41, 5.74) is 0.586. The highest BCUT2D eigenvalue weighted by Gasteiger charge is 2.08. The van der Waals surface area contributed by atoms with E-state index in [-0.39, 0.29) is 18.0 Å². The summed E-state index contributed by atoms with van der Waals surface area (Å²) in [5.74, 6) is -0.221. The minimum Gasteiger partial charge on any atom is -0.299 e. The van der Waals surface area contributed by atoms with E-state index in [1.807, 2.05) is 0 Å². The standard InChI is InChI=1S/C13H16ClFO/c1-2-3-4-5-12(16)9-10-8-11(15)6-7-13(10)14/h6-8H,2-5,9H2,1H3. The van der Waals surface area contributed by atoms with Crippen molar-refractivity contribution in [2.24, 2.45) is 0 Å². The fraction of sp³-hybridized carbons (Fsp3) is 0.462. The molecule has 1 rings (SSSR count). The molecule has 0 aliphatic heterocycles. The van der Waals surface area contributed by atoms with Crippen LogP contribution in [0.4, 0.5) is 4.39 Å². The van der Waals surface area contributed by atoms with Crippen LogP contribution in [0.2, 0.25) is 5.02 Å². The normalized spacial score (nSPS) is 10.4. The summed E-state index contributed by atoms with van der Waals surface area (Å²) in [6, 6.07) is 4.12. The van der Waals surface area contributed by atoms with Crippen LogP contribution in [-0.2, 0) is 11.2 Å². The summed E-state index contributed by atoms with van der Waals surface area (Å²) >= 11 is 5.88. The molecule has 0 bridgehead atoms. The number of unbranched alkanes of at least 4 members (excludes halogenated alkanes) is 2. The van der Waals surface area contributed by atoms with E-state index >= 15 is 0 Å². The molecule has 0 radical (unpaired) electrons. The summed E-state index contributed by atoms with van der Waals surface area (Å²) in [4.78, 5) is 11.6. The molecule has 3 heteroatoms. The molecule has 0 aliphatic rings. The van der Waals surface area contributed by atoms with Crippen LogP contribution in [-0.4, -0.2) is 5.78 Å². The quantitative estimate of drug-likeness (QED) is 0.685. The van der Waals surface area contributed by atoms with Crippen LogP contribution in [0.5, 0.6) is 0 Å². The average Bonchev–Trinajstić information content (AvgIpc) is 2.24. The third-order valence-electron chi connectivity index (χ3n) is 2.45. The van der Waals surface area contributed by atoms with E-state index in [2.05, 4.69) is 6.92 Å². The highest BCUT2D eigenvalue weighted by atomic mass is 35.5. The fourth-order valence-electron chi connectivity index (χ4n) is 1.55. The molecule has 0 aromatic heterocycles. The molecule has 1 nitrogen and oxygen atoms in total. The largest absolute Gasteiger partial charge is 0.299 e. The molecular weight excluding hydrogens is 227 g/mol. The van der Waals surface area contributed by atoms with Crippen LogP contribution < -0.4 is 0 Å². The highest BCUT2D eigenvalue weighted by molar-refractivity contribution is 6.31. The number of ketones is 1. The van der Waals surface area contributed by atoms with Crippen molar-refractivity contribution < 1.29 is 9.18 Å². The number of hydrogen-bond acceptors (Lipinski definition) is 1. The van der Waals surface area contributed by atoms with Gasteiger partial charge in [-0.3, -0.25) is 4.79 Å². The molecule has 0 aliphatic carbocycles. The van der Waals surface area contributed by atoms with E-state index in [0.717, 1.165) is 19.3 Å². The first-order valence-electron chi connectivity index (χ1n) is 5.59. The van der Waals surface area contributed by atoms with Gasteiger partial charge in [-0.1, -0.05) is 31.4 Å². The Morgan fingerprint density at radius 2 is 2.12 bits per heavy atom. The molecule has 0 N–H and O–H groups in total. The van der Waals surface area contributed by atoms with Gasteiger partial charge in [-0.05, 0) is 30.2 Å². The molecule has 1 aromatic carbocycles. The fourth-order valence-corrected chi connectivity index (χ4v) is 1.74. The van der Waals surface area contributed by atoms with Gasteiger partial charge in [-0.2, -0.15) is 0 Å². The topological polar surface area (TPSA) is 17.1 Å². The Morgan fingerprint density at radius 3 is 2.81 bits per heavy atom. The number of halogens is 2. The van der Waals surface area contributed by atoms with Crippen molar-refractivity contribution in [3.8, 4) is 0 Å². The van der Waals surface area contributed by atoms with Crippen molar-refractivity contribution in [3.63, 3.8) is 0 Å². The Labute approximate surface area is 101 Å². The van der Waals surface area contributed by atoms with Crippen LogP contribution in [0, 0.1) is 5.82 Å². The number of benzene rings is 1. The van der Waals surface area contributed by atoms with Crippen molar-refractivity contribution in [1.29, 1.82) is 0 Å². The first kappa shape index (κ1) is 13.2. The molecule has 16 heavy (non-hydrogen) atoms. The summed E-state index contributed by atoms with van der Waals surface area (Å²) in [6.45, 7) is 2.09. The molecule has 1 aromatic rings. The second kappa shape index (κ2) is 6.64. The maximum atomic E-state index is 12.9. The summed E-state index contributed by atoms with van der Waals surface area (Å²) in [5, 5.41) is 0.463. The first-order chi connectivity index (χ1) is 7.63. The lowest BCUT2D eigenvalue weighted by atomic mass is 10.0. The third-order valence-corrected chi connectivity index (χ3v) is 2.82. The van der Waals surface area contributed by atoms with E-state index in [4.69, 9.17) is 11.6 Å². The maximum Gasteiger partial charge on any atom is 0.137 e. The molecule has 0 atom stereocenters. The van der Waals surface area contributed by atoms with Crippen molar-refractivity contribution in [3.05, 3.63) is 34.6 Å². The predicted molar refractivity (Wildman–Crippen MR) is 64.3 cm³/mol.